The summed E-state index contributed by atoms with van der Waals surface area (Å²) in [7, 11) is 0. The molecule has 0 atom stereocenters. The van der Waals surface area contributed by atoms with Crippen LogP contribution in [0.5, 0.6) is 0 Å². The number of nitrogens with zero attached hydrogens (tertiary/aromatic N) is 3. The number of alkyl halides is 2. The van der Waals surface area contributed by atoms with Gasteiger partial charge in [-0.15, -0.1) is 0 Å². The zero-order valence-corrected chi connectivity index (χ0v) is 15.0. The second-order valence-electron chi connectivity index (χ2n) is 7.22. The molecule has 0 radical (unpaired) electrons. The fourth-order valence-corrected chi connectivity index (χ4v) is 3.54. The first-order chi connectivity index (χ1) is 12.5. The van der Waals surface area contributed by atoms with Crippen molar-refractivity contribution in [2.24, 2.45) is 0 Å². The molecule has 0 unspecified atom stereocenters. The van der Waals surface area contributed by atoms with E-state index in [9.17, 15) is 8.78 Å². The molecule has 0 bridgehead atoms. The van der Waals surface area contributed by atoms with Gasteiger partial charge in [0, 0.05) is 32.5 Å². The zero-order chi connectivity index (χ0) is 18.1. The van der Waals surface area contributed by atoms with Crippen LogP contribution < -0.4 is 0 Å². The van der Waals surface area contributed by atoms with E-state index in [2.05, 4.69) is 46.7 Å². The molecule has 1 saturated heterocycles. The largest absolute Gasteiger partial charge is 0.322 e. The van der Waals surface area contributed by atoms with Gasteiger partial charge in [-0.3, -0.25) is 4.90 Å². The smallest absolute Gasteiger partial charge is 0.250 e. The van der Waals surface area contributed by atoms with Crippen molar-refractivity contribution in [1.29, 1.82) is 0 Å². The maximum absolute atomic E-state index is 13.4. The first-order valence-electron chi connectivity index (χ1n) is 9.10. The Morgan fingerprint density at radius 3 is 2.38 bits per heavy atom. The molecule has 0 aliphatic carbocycles. The molecule has 3 aromatic rings. The number of para-hydroxylation sites is 2. The van der Waals surface area contributed by atoms with Gasteiger partial charge in [-0.25, -0.2) is 13.8 Å². The number of rotatable bonds is 4. The minimum atomic E-state index is -2.52. The number of halogens is 2. The fourth-order valence-electron chi connectivity index (χ4n) is 3.54. The lowest BCUT2D eigenvalue weighted by Gasteiger charge is -2.31. The molecule has 0 saturated carbocycles. The van der Waals surface area contributed by atoms with Gasteiger partial charge >= 0.3 is 0 Å². The van der Waals surface area contributed by atoms with Crippen molar-refractivity contribution in [2.75, 3.05) is 13.1 Å². The van der Waals surface area contributed by atoms with Crippen LogP contribution in [0.2, 0.25) is 0 Å². The van der Waals surface area contributed by atoms with Gasteiger partial charge in [-0.05, 0) is 24.6 Å². The van der Waals surface area contributed by atoms with E-state index in [1.165, 1.54) is 11.1 Å². The third kappa shape index (κ3) is 3.63. The molecule has 1 aliphatic heterocycles. The van der Waals surface area contributed by atoms with Crippen molar-refractivity contribution < 1.29 is 8.78 Å². The van der Waals surface area contributed by atoms with E-state index in [1.54, 1.807) is 0 Å². The van der Waals surface area contributed by atoms with Gasteiger partial charge in [-0.2, -0.15) is 0 Å². The number of piperidine rings is 1. The summed E-state index contributed by atoms with van der Waals surface area (Å²) in [5.41, 5.74) is 4.49. The lowest BCUT2D eigenvalue weighted by Crippen LogP contribution is -2.39. The maximum Gasteiger partial charge on any atom is 0.250 e. The summed E-state index contributed by atoms with van der Waals surface area (Å²) in [6.07, 6.45) is -0.129. The minimum Gasteiger partial charge on any atom is -0.322 e. The molecule has 136 valence electrons. The molecule has 1 aliphatic rings. The number of likely N-dealkylation sites (tertiary alicyclic amines) is 1. The molecule has 1 fully saturated rings. The van der Waals surface area contributed by atoms with Gasteiger partial charge in [0.15, 0.2) is 0 Å². The molecule has 4 rings (SSSR count). The van der Waals surface area contributed by atoms with Crippen molar-refractivity contribution in [2.45, 2.75) is 38.8 Å². The molecule has 2 aromatic carbocycles. The highest BCUT2D eigenvalue weighted by Gasteiger charge is 2.34. The molecular weight excluding hydrogens is 332 g/mol. The normalized spacial score (nSPS) is 17.7. The summed E-state index contributed by atoms with van der Waals surface area (Å²) in [6, 6.07) is 16.6. The summed E-state index contributed by atoms with van der Waals surface area (Å²) in [6.45, 7) is 4.26. The van der Waals surface area contributed by atoms with Crippen LogP contribution in [0, 0.1) is 6.92 Å². The predicted molar refractivity (Wildman–Crippen MR) is 99.5 cm³/mol. The van der Waals surface area contributed by atoms with E-state index in [4.69, 9.17) is 4.98 Å². The van der Waals surface area contributed by atoms with Crippen LogP contribution in [0.25, 0.3) is 11.0 Å². The molecule has 0 amide bonds. The number of fused-ring (bicyclic) bond motifs is 1. The molecule has 2 heterocycles. The molecule has 1 aromatic heterocycles. The predicted octanol–water partition coefficient (Wildman–Crippen LogP) is 4.62. The van der Waals surface area contributed by atoms with Gasteiger partial charge in [0.25, 0.3) is 5.92 Å². The fraction of sp³-hybridized carbons (Fsp3) is 0.381. The van der Waals surface area contributed by atoms with Crippen molar-refractivity contribution in [3.05, 3.63) is 65.5 Å². The van der Waals surface area contributed by atoms with E-state index in [1.807, 2.05) is 18.2 Å². The Labute approximate surface area is 152 Å². The third-order valence-corrected chi connectivity index (χ3v) is 5.15. The van der Waals surface area contributed by atoms with E-state index >= 15 is 0 Å². The highest BCUT2D eigenvalue weighted by Crippen LogP contribution is 2.29. The Hall–Kier alpha value is -2.27. The number of imidazole rings is 1. The van der Waals surface area contributed by atoms with Crippen molar-refractivity contribution in [3.8, 4) is 0 Å². The molecular formula is C21H23F2N3. The Morgan fingerprint density at radius 1 is 0.962 bits per heavy atom. The van der Waals surface area contributed by atoms with Crippen LogP contribution in [0.3, 0.4) is 0 Å². The molecule has 26 heavy (non-hydrogen) atoms. The van der Waals surface area contributed by atoms with Crippen LogP contribution in [0.15, 0.2) is 48.5 Å². The van der Waals surface area contributed by atoms with Gasteiger partial charge in [0.2, 0.25) is 0 Å². The van der Waals surface area contributed by atoms with Crippen molar-refractivity contribution in [3.63, 3.8) is 0 Å². The lowest BCUT2D eigenvalue weighted by atomic mass is 10.1. The highest BCUT2D eigenvalue weighted by atomic mass is 19.3. The summed E-state index contributed by atoms with van der Waals surface area (Å²) in [5.74, 6) is -1.57. The Morgan fingerprint density at radius 2 is 1.65 bits per heavy atom. The topological polar surface area (TPSA) is 21.1 Å². The maximum atomic E-state index is 13.4. The number of benzene rings is 2. The van der Waals surface area contributed by atoms with Crippen LogP contribution in [0.4, 0.5) is 8.78 Å². The van der Waals surface area contributed by atoms with Crippen LogP contribution in [-0.4, -0.2) is 33.5 Å². The summed E-state index contributed by atoms with van der Waals surface area (Å²) in [4.78, 5) is 6.88. The Balaban J connectivity index is 1.62. The van der Waals surface area contributed by atoms with E-state index < -0.39 is 5.92 Å². The van der Waals surface area contributed by atoms with Crippen molar-refractivity contribution >= 4 is 11.0 Å². The van der Waals surface area contributed by atoms with Crippen LogP contribution in [0.1, 0.15) is 29.8 Å². The average Bonchev–Trinajstić information content (AvgIpc) is 2.96. The van der Waals surface area contributed by atoms with E-state index in [0.717, 1.165) is 23.4 Å². The summed E-state index contributed by atoms with van der Waals surface area (Å²) < 4.78 is 29.1. The SMILES string of the molecule is Cc1ccc(Cn2c(CN3CCC(F)(F)CC3)nc3ccccc32)cc1. The van der Waals surface area contributed by atoms with E-state index in [0.29, 0.717) is 19.6 Å². The molecule has 3 nitrogen and oxygen atoms in total. The van der Waals surface area contributed by atoms with Gasteiger partial charge < -0.3 is 4.57 Å². The first kappa shape index (κ1) is 17.2. The molecule has 0 spiro atoms. The molecule has 0 N–H and O–H groups in total. The Kier molecular flexibility index (Phi) is 4.49. The zero-order valence-electron chi connectivity index (χ0n) is 15.0. The number of hydrogen-bond acceptors (Lipinski definition) is 2. The van der Waals surface area contributed by atoms with Gasteiger partial charge in [0.05, 0.1) is 17.6 Å². The van der Waals surface area contributed by atoms with Crippen molar-refractivity contribution in [1.82, 2.24) is 14.5 Å². The van der Waals surface area contributed by atoms with Crippen LogP contribution >= 0.6 is 0 Å². The quantitative estimate of drug-likeness (QED) is 0.681. The van der Waals surface area contributed by atoms with Gasteiger partial charge in [0.1, 0.15) is 5.82 Å². The molecule has 5 heteroatoms. The summed E-state index contributed by atoms with van der Waals surface area (Å²) in [5, 5.41) is 0. The van der Waals surface area contributed by atoms with E-state index in [-0.39, 0.29) is 12.8 Å². The number of hydrogen-bond donors (Lipinski definition) is 0. The minimum absolute atomic E-state index is 0.0643. The average molecular weight is 355 g/mol. The first-order valence-corrected chi connectivity index (χ1v) is 9.10. The third-order valence-electron chi connectivity index (χ3n) is 5.15. The standard InChI is InChI=1S/C21H23F2N3/c1-16-6-8-17(9-7-16)14-26-19-5-3-2-4-18(19)24-20(26)15-25-12-10-21(22,23)11-13-25/h2-9H,10-15H2,1H3. The van der Waals surface area contributed by atoms with Crippen LogP contribution in [-0.2, 0) is 13.1 Å². The number of aromatic nitrogens is 2. The Bertz CT molecular complexity index is 889. The highest BCUT2D eigenvalue weighted by molar-refractivity contribution is 5.76. The van der Waals surface area contributed by atoms with Gasteiger partial charge in [-0.1, -0.05) is 42.0 Å². The summed E-state index contributed by atoms with van der Waals surface area (Å²) >= 11 is 0. The lowest BCUT2D eigenvalue weighted by molar-refractivity contribution is -0.0571. The second kappa shape index (κ2) is 6.80. The number of aryl methyl sites for hydroxylation is 1. The second-order valence-corrected chi connectivity index (χ2v) is 7.22. The monoisotopic (exact) mass is 355 g/mol.